The van der Waals surface area contributed by atoms with Crippen LogP contribution in [0.25, 0.3) is 10.9 Å². The van der Waals surface area contributed by atoms with Gasteiger partial charge in [0.1, 0.15) is 5.82 Å². The number of thiocarbonyl (C=S) groups is 1. The van der Waals surface area contributed by atoms with Crippen LogP contribution in [0.1, 0.15) is 58.1 Å². The van der Waals surface area contributed by atoms with Crippen molar-refractivity contribution in [3.63, 3.8) is 0 Å². The number of piperazine rings is 1. The second-order valence-electron chi connectivity index (χ2n) is 10.2. The molecule has 2 N–H and O–H groups in total. The van der Waals surface area contributed by atoms with Crippen molar-refractivity contribution in [3.05, 3.63) is 35.4 Å². The van der Waals surface area contributed by atoms with Gasteiger partial charge in [0.2, 0.25) is 5.91 Å². The van der Waals surface area contributed by atoms with Gasteiger partial charge in [-0.25, -0.2) is 4.98 Å². The summed E-state index contributed by atoms with van der Waals surface area (Å²) >= 11 is 5.71. The topological polar surface area (TPSA) is 65.7 Å². The number of aryl methyl sites for hydroxylation is 1. The lowest BCUT2D eigenvalue weighted by Crippen LogP contribution is -2.54. The predicted octanol–water partition coefficient (Wildman–Crippen LogP) is 4.60. The van der Waals surface area contributed by atoms with Gasteiger partial charge in [-0.2, -0.15) is 0 Å². The Morgan fingerprint density at radius 3 is 2.47 bits per heavy atom. The molecular weight excluding hydrogens is 466 g/mol. The molecule has 0 spiro atoms. The van der Waals surface area contributed by atoms with Crippen LogP contribution in [0.4, 0.5) is 5.82 Å². The van der Waals surface area contributed by atoms with Crippen LogP contribution in [0.2, 0.25) is 0 Å². The number of hydrogen-bond acceptors (Lipinski definition) is 6. The van der Waals surface area contributed by atoms with E-state index in [4.69, 9.17) is 22.9 Å². The number of anilines is 1. The monoisotopic (exact) mass is 511 g/mol. The van der Waals surface area contributed by atoms with Crippen molar-refractivity contribution in [2.24, 2.45) is 11.7 Å². The van der Waals surface area contributed by atoms with Gasteiger partial charge in [-0.15, -0.1) is 0 Å². The van der Waals surface area contributed by atoms with E-state index in [1.54, 1.807) is 0 Å². The van der Waals surface area contributed by atoms with E-state index in [0.717, 1.165) is 74.6 Å². The van der Waals surface area contributed by atoms with E-state index < -0.39 is 6.04 Å². The van der Waals surface area contributed by atoms with Gasteiger partial charge in [-0.1, -0.05) is 52.4 Å². The van der Waals surface area contributed by atoms with Crippen LogP contribution in [-0.2, 0) is 11.2 Å². The van der Waals surface area contributed by atoms with Crippen LogP contribution >= 0.6 is 12.2 Å². The normalized spacial score (nSPS) is 16.0. The summed E-state index contributed by atoms with van der Waals surface area (Å²) in [5, 5.41) is 1.19. The Morgan fingerprint density at radius 1 is 1.14 bits per heavy atom. The third kappa shape index (κ3) is 7.24. The van der Waals surface area contributed by atoms with Crippen molar-refractivity contribution < 1.29 is 4.79 Å². The molecule has 6 nitrogen and oxygen atoms in total. The fourth-order valence-electron chi connectivity index (χ4n) is 4.92. The third-order valence-electron chi connectivity index (χ3n) is 7.75. The molecule has 1 fully saturated rings. The van der Waals surface area contributed by atoms with E-state index in [-0.39, 0.29) is 11.8 Å². The lowest BCUT2D eigenvalue weighted by molar-refractivity contribution is -0.134. The Balaban J connectivity index is 1.60. The van der Waals surface area contributed by atoms with Gasteiger partial charge in [0.15, 0.2) is 0 Å². The summed E-state index contributed by atoms with van der Waals surface area (Å²) in [5.74, 6) is 1.26. The number of rotatable bonds is 12. The number of amides is 1. The highest BCUT2D eigenvalue weighted by molar-refractivity contribution is 7.80. The molecule has 1 amide bonds. The third-order valence-corrected chi connectivity index (χ3v) is 8.10. The zero-order valence-corrected chi connectivity index (χ0v) is 23.7. The standard InChI is InChI=1S/C29H45N5OS/c1-6-21(4)28(30)29(35)34-16-14-33(15-17-34)27-18-22(5)25-20-23(11-12-26(25)31-27)19-24(36)10-9-13-32(7-2)8-3/h11-12,18,20-21,28H,6-10,13-17,19,30H2,1-5H3/t21?,28-/m0/s1. The molecule has 7 heteroatoms. The van der Waals surface area contributed by atoms with E-state index in [1.807, 2.05) is 11.8 Å². The number of carbonyl (C=O) groups is 1. The molecule has 2 aromatic rings. The first-order valence-corrected chi connectivity index (χ1v) is 14.1. The minimum atomic E-state index is -0.410. The van der Waals surface area contributed by atoms with Gasteiger partial charge in [0.25, 0.3) is 0 Å². The largest absolute Gasteiger partial charge is 0.353 e. The van der Waals surface area contributed by atoms with Crippen LogP contribution in [-0.4, -0.2) is 77.4 Å². The Bertz CT molecular complexity index is 1030. The van der Waals surface area contributed by atoms with Crippen LogP contribution in [0, 0.1) is 12.8 Å². The van der Waals surface area contributed by atoms with Crippen molar-refractivity contribution in [1.29, 1.82) is 0 Å². The Hall–Kier alpha value is -2.09. The number of aromatic nitrogens is 1. The van der Waals surface area contributed by atoms with Crippen molar-refractivity contribution >= 4 is 39.7 Å². The van der Waals surface area contributed by atoms with Gasteiger partial charge in [0.05, 0.1) is 11.6 Å². The average molecular weight is 512 g/mol. The molecule has 1 aromatic carbocycles. The Morgan fingerprint density at radius 2 is 1.83 bits per heavy atom. The fraction of sp³-hybridized carbons (Fsp3) is 0.621. The van der Waals surface area contributed by atoms with Crippen molar-refractivity contribution in [1.82, 2.24) is 14.8 Å². The lowest BCUT2D eigenvalue weighted by Gasteiger charge is -2.37. The average Bonchev–Trinajstić information content (AvgIpc) is 2.90. The van der Waals surface area contributed by atoms with Crippen LogP contribution < -0.4 is 10.6 Å². The molecule has 1 unspecified atom stereocenters. The summed E-state index contributed by atoms with van der Waals surface area (Å²) in [6, 6.07) is 8.32. The minimum Gasteiger partial charge on any atom is -0.353 e. The molecule has 0 bridgehead atoms. The Kier molecular flexibility index (Phi) is 10.6. The maximum Gasteiger partial charge on any atom is 0.239 e. The second-order valence-corrected chi connectivity index (χ2v) is 10.8. The van der Waals surface area contributed by atoms with Gasteiger partial charge in [-0.05, 0) is 79.5 Å². The van der Waals surface area contributed by atoms with Gasteiger partial charge >= 0.3 is 0 Å². The van der Waals surface area contributed by atoms with E-state index in [0.29, 0.717) is 13.1 Å². The van der Waals surface area contributed by atoms with Gasteiger partial charge in [-0.3, -0.25) is 4.79 Å². The number of pyridine rings is 1. The van der Waals surface area contributed by atoms with E-state index >= 15 is 0 Å². The van der Waals surface area contributed by atoms with Gasteiger partial charge < -0.3 is 20.4 Å². The van der Waals surface area contributed by atoms with Crippen molar-refractivity contribution in [2.45, 2.75) is 66.3 Å². The molecule has 3 rings (SSSR count). The van der Waals surface area contributed by atoms with Crippen molar-refractivity contribution in [2.75, 3.05) is 50.7 Å². The maximum absolute atomic E-state index is 12.8. The fourth-order valence-corrected chi connectivity index (χ4v) is 5.23. The molecular formula is C29H45N5OS. The molecule has 1 aliphatic heterocycles. The minimum absolute atomic E-state index is 0.0742. The molecule has 198 valence electrons. The number of fused-ring (bicyclic) bond motifs is 1. The number of nitrogens with two attached hydrogens (primary N) is 1. The summed E-state index contributed by atoms with van der Waals surface area (Å²) in [5.41, 5.74) is 9.69. The molecule has 1 aliphatic rings. The number of hydrogen-bond donors (Lipinski definition) is 1. The predicted molar refractivity (Wildman–Crippen MR) is 156 cm³/mol. The highest BCUT2D eigenvalue weighted by Gasteiger charge is 2.28. The number of nitrogens with zero attached hydrogens (tertiary/aromatic N) is 4. The van der Waals surface area contributed by atoms with Crippen LogP contribution in [0.3, 0.4) is 0 Å². The second kappa shape index (κ2) is 13.5. The molecule has 0 radical (unpaired) electrons. The number of benzene rings is 1. The van der Waals surface area contributed by atoms with Crippen molar-refractivity contribution in [3.8, 4) is 0 Å². The molecule has 0 aliphatic carbocycles. The van der Waals surface area contributed by atoms with E-state index in [9.17, 15) is 4.79 Å². The smallest absolute Gasteiger partial charge is 0.239 e. The molecule has 0 saturated carbocycles. The SMILES string of the molecule is CCC(C)[C@H](N)C(=O)N1CCN(c2cc(C)c3cc(CC(=S)CCCN(CC)CC)ccc3n2)CC1. The van der Waals surface area contributed by atoms with E-state index in [2.05, 4.69) is 61.8 Å². The molecule has 1 saturated heterocycles. The van der Waals surface area contributed by atoms with Crippen LogP contribution in [0.5, 0.6) is 0 Å². The maximum atomic E-state index is 12.8. The first kappa shape index (κ1) is 28.5. The highest BCUT2D eigenvalue weighted by atomic mass is 32.1. The summed E-state index contributed by atoms with van der Waals surface area (Å²) in [6.45, 7) is 16.9. The Labute approximate surface area is 223 Å². The quantitative estimate of drug-likeness (QED) is 0.420. The molecule has 1 aromatic heterocycles. The zero-order valence-electron chi connectivity index (χ0n) is 22.9. The summed E-state index contributed by atoms with van der Waals surface area (Å²) in [7, 11) is 0. The summed E-state index contributed by atoms with van der Waals surface area (Å²) < 4.78 is 0. The first-order chi connectivity index (χ1) is 17.3. The molecule has 36 heavy (non-hydrogen) atoms. The zero-order chi connectivity index (χ0) is 26.2. The van der Waals surface area contributed by atoms with E-state index in [1.165, 1.54) is 16.5 Å². The summed E-state index contributed by atoms with van der Waals surface area (Å²) in [6.07, 6.45) is 3.88. The van der Waals surface area contributed by atoms with Gasteiger partial charge in [0, 0.05) is 38.0 Å². The molecule has 2 heterocycles. The van der Waals surface area contributed by atoms with Crippen LogP contribution in [0.15, 0.2) is 24.3 Å². The molecule has 2 atom stereocenters. The lowest BCUT2D eigenvalue weighted by atomic mass is 9.98. The summed E-state index contributed by atoms with van der Waals surface area (Å²) in [4.78, 5) is 25.5. The number of carbonyl (C=O) groups excluding carboxylic acids is 1. The first-order valence-electron chi connectivity index (χ1n) is 13.7. The highest BCUT2D eigenvalue weighted by Crippen LogP contribution is 2.25.